The number of rotatable bonds is 3. The molecule has 1 N–H and O–H groups in total. The van der Waals surface area contributed by atoms with E-state index in [9.17, 15) is 4.79 Å². The topological polar surface area (TPSA) is 29.1 Å². The molecule has 0 aliphatic heterocycles. The van der Waals surface area contributed by atoms with Crippen LogP contribution in [0.5, 0.6) is 0 Å². The van der Waals surface area contributed by atoms with Crippen molar-refractivity contribution >= 4 is 21.8 Å². The Morgan fingerprint density at radius 3 is 2.33 bits per heavy atom. The molecular formula is C12H16BrNO. The predicted molar refractivity (Wildman–Crippen MR) is 66.0 cm³/mol. The van der Waals surface area contributed by atoms with Crippen molar-refractivity contribution in [3.63, 3.8) is 0 Å². The quantitative estimate of drug-likeness (QED) is 0.840. The van der Waals surface area contributed by atoms with Crippen molar-refractivity contribution < 1.29 is 4.79 Å². The van der Waals surface area contributed by atoms with Gasteiger partial charge < -0.3 is 5.32 Å². The molecular weight excluding hydrogens is 254 g/mol. The highest BCUT2D eigenvalue weighted by Crippen LogP contribution is 2.18. The first-order valence-electron chi connectivity index (χ1n) is 4.96. The fourth-order valence-corrected chi connectivity index (χ4v) is 1.31. The monoisotopic (exact) mass is 269 g/mol. The van der Waals surface area contributed by atoms with Crippen molar-refractivity contribution in [2.45, 2.75) is 31.1 Å². The lowest BCUT2D eigenvalue weighted by molar-refractivity contribution is -0.123. The van der Waals surface area contributed by atoms with Gasteiger partial charge in [-0.3, -0.25) is 4.79 Å². The highest BCUT2D eigenvalue weighted by molar-refractivity contribution is 9.10. The van der Waals surface area contributed by atoms with Gasteiger partial charge in [-0.15, -0.1) is 0 Å². The molecule has 1 aromatic carbocycles. The van der Waals surface area contributed by atoms with Gasteiger partial charge in [0.1, 0.15) is 0 Å². The van der Waals surface area contributed by atoms with Crippen molar-refractivity contribution in [1.82, 2.24) is 5.32 Å². The lowest BCUT2D eigenvalue weighted by Crippen LogP contribution is -2.38. The van der Waals surface area contributed by atoms with E-state index < -0.39 is 4.32 Å². The van der Waals surface area contributed by atoms with Gasteiger partial charge in [0.2, 0.25) is 5.91 Å². The number of carbonyl (C=O) groups excluding carboxylic acids is 1. The molecule has 0 spiro atoms. The molecule has 0 saturated carbocycles. The summed E-state index contributed by atoms with van der Waals surface area (Å²) in [4.78, 5) is 11.7. The molecule has 2 nitrogen and oxygen atoms in total. The lowest BCUT2D eigenvalue weighted by atomic mass is 10.1. The molecule has 0 aromatic heterocycles. The van der Waals surface area contributed by atoms with Crippen LogP contribution in [0, 0.1) is 0 Å². The molecule has 0 fully saturated rings. The number of benzene rings is 1. The van der Waals surface area contributed by atoms with Crippen molar-refractivity contribution in [1.29, 1.82) is 0 Å². The van der Waals surface area contributed by atoms with Crippen LogP contribution in [-0.2, 0) is 4.79 Å². The average molecular weight is 270 g/mol. The molecule has 0 aliphatic carbocycles. The highest BCUT2D eigenvalue weighted by atomic mass is 79.9. The third-order valence-corrected chi connectivity index (χ3v) is 2.55. The minimum absolute atomic E-state index is 0.00106. The third-order valence-electron chi connectivity index (χ3n) is 2.19. The number of hydrogen-bond donors (Lipinski definition) is 1. The standard InChI is InChI=1S/C12H16BrNO/c1-9(10-7-5-4-6-8-10)14-11(15)12(2,3)13/h4-9H,1-3H3,(H,14,15)/t9-/m1/s1. The lowest BCUT2D eigenvalue weighted by Gasteiger charge is -2.20. The Kier molecular flexibility index (Phi) is 3.91. The molecule has 1 amide bonds. The zero-order chi connectivity index (χ0) is 11.5. The van der Waals surface area contributed by atoms with Gasteiger partial charge in [-0.1, -0.05) is 46.3 Å². The van der Waals surface area contributed by atoms with E-state index in [1.807, 2.05) is 51.1 Å². The second-order valence-electron chi connectivity index (χ2n) is 4.08. The Bertz CT molecular complexity index is 329. The van der Waals surface area contributed by atoms with Crippen LogP contribution in [0.2, 0.25) is 0 Å². The first-order valence-corrected chi connectivity index (χ1v) is 5.75. The minimum Gasteiger partial charge on any atom is -0.348 e. The number of carbonyl (C=O) groups is 1. The second kappa shape index (κ2) is 4.79. The van der Waals surface area contributed by atoms with E-state index in [1.165, 1.54) is 0 Å². The molecule has 0 bridgehead atoms. The predicted octanol–water partition coefficient (Wildman–Crippen LogP) is 3.04. The smallest absolute Gasteiger partial charge is 0.236 e. The Morgan fingerprint density at radius 2 is 1.87 bits per heavy atom. The van der Waals surface area contributed by atoms with Gasteiger partial charge in [-0.25, -0.2) is 0 Å². The van der Waals surface area contributed by atoms with Gasteiger partial charge in [0.25, 0.3) is 0 Å². The van der Waals surface area contributed by atoms with Crippen LogP contribution in [0.25, 0.3) is 0 Å². The summed E-state index contributed by atoms with van der Waals surface area (Å²) >= 11 is 3.33. The molecule has 1 atom stereocenters. The molecule has 0 unspecified atom stereocenters. The van der Waals surface area contributed by atoms with Gasteiger partial charge in [-0.2, -0.15) is 0 Å². The van der Waals surface area contributed by atoms with Crippen LogP contribution >= 0.6 is 15.9 Å². The summed E-state index contributed by atoms with van der Waals surface area (Å²) in [5.74, 6) is -0.00106. The normalized spacial score (nSPS) is 13.3. The summed E-state index contributed by atoms with van der Waals surface area (Å²) < 4.78 is -0.518. The Balaban J connectivity index is 2.65. The van der Waals surface area contributed by atoms with Crippen molar-refractivity contribution in [2.24, 2.45) is 0 Å². The number of alkyl halides is 1. The molecule has 0 saturated heterocycles. The van der Waals surface area contributed by atoms with Gasteiger partial charge in [0.05, 0.1) is 10.4 Å². The summed E-state index contributed by atoms with van der Waals surface area (Å²) in [7, 11) is 0. The zero-order valence-electron chi connectivity index (χ0n) is 9.25. The van der Waals surface area contributed by atoms with E-state index in [0.29, 0.717) is 0 Å². The van der Waals surface area contributed by atoms with Crippen molar-refractivity contribution in [3.8, 4) is 0 Å². The second-order valence-corrected chi connectivity index (χ2v) is 6.06. The Hall–Kier alpha value is -0.830. The number of amides is 1. The Labute approximate surface area is 99.2 Å². The molecule has 0 heterocycles. The number of halogens is 1. The largest absolute Gasteiger partial charge is 0.348 e. The van der Waals surface area contributed by atoms with Crippen LogP contribution in [0.3, 0.4) is 0 Å². The van der Waals surface area contributed by atoms with Crippen LogP contribution in [0.4, 0.5) is 0 Å². The fraction of sp³-hybridized carbons (Fsp3) is 0.417. The van der Waals surface area contributed by atoms with Crippen molar-refractivity contribution in [3.05, 3.63) is 35.9 Å². The van der Waals surface area contributed by atoms with E-state index in [0.717, 1.165) is 5.56 Å². The van der Waals surface area contributed by atoms with Gasteiger partial charge in [-0.05, 0) is 26.3 Å². The molecule has 3 heteroatoms. The van der Waals surface area contributed by atoms with Crippen LogP contribution in [0.1, 0.15) is 32.4 Å². The van der Waals surface area contributed by atoms with Gasteiger partial charge in [0, 0.05) is 0 Å². The van der Waals surface area contributed by atoms with Crippen LogP contribution < -0.4 is 5.32 Å². The maximum atomic E-state index is 11.7. The van der Waals surface area contributed by atoms with Crippen LogP contribution in [-0.4, -0.2) is 10.2 Å². The first-order chi connectivity index (χ1) is 6.91. The summed E-state index contributed by atoms with van der Waals surface area (Å²) in [6.07, 6.45) is 0. The molecule has 82 valence electrons. The summed E-state index contributed by atoms with van der Waals surface area (Å²) in [5.41, 5.74) is 1.11. The molecule has 0 aliphatic rings. The van der Waals surface area contributed by atoms with E-state index in [4.69, 9.17) is 0 Å². The van der Waals surface area contributed by atoms with E-state index in [-0.39, 0.29) is 11.9 Å². The minimum atomic E-state index is -0.518. The average Bonchev–Trinajstić information content (AvgIpc) is 2.17. The SMILES string of the molecule is C[C@@H](NC(=O)C(C)(C)Br)c1ccccc1. The first kappa shape index (κ1) is 12.2. The molecule has 0 radical (unpaired) electrons. The molecule has 1 aromatic rings. The summed E-state index contributed by atoms with van der Waals surface area (Å²) in [6, 6.07) is 9.95. The van der Waals surface area contributed by atoms with E-state index >= 15 is 0 Å². The highest BCUT2D eigenvalue weighted by Gasteiger charge is 2.24. The number of nitrogens with one attached hydrogen (secondary N) is 1. The van der Waals surface area contributed by atoms with E-state index in [1.54, 1.807) is 0 Å². The third kappa shape index (κ3) is 3.67. The maximum absolute atomic E-state index is 11.7. The van der Waals surface area contributed by atoms with Crippen molar-refractivity contribution in [2.75, 3.05) is 0 Å². The Morgan fingerprint density at radius 1 is 1.33 bits per heavy atom. The zero-order valence-corrected chi connectivity index (χ0v) is 10.8. The molecule has 15 heavy (non-hydrogen) atoms. The van der Waals surface area contributed by atoms with E-state index in [2.05, 4.69) is 21.2 Å². The summed E-state index contributed by atoms with van der Waals surface area (Å²) in [6.45, 7) is 5.64. The van der Waals surface area contributed by atoms with Crippen LogP contribution in [0.15, 0.2) is 30.3 Å². The van der Waals surface area contributed by atoms with Gasteiger partial charge >= 0.3 is 0 Å². The maximum Gasteiger partial charge on any atom is 0.236 e. The fourth-order valence-electron chi connectivity index (χ4n) is 1.19. The number of hydrogen-bond acceptors (Lipinski definition) is 1. The molecule has 1 rings (SSSR count). The van der Waals surface area contributed by atoms with Gasteiger partial charge in [0.15, 0.2) is 0 Å². The summed E-state index contributed by atoms with van der Waals surface area (Å²) in [5, 5.41) is 2.95.